The van der Waals surface area contributed by atoms with Gasteiger partial charge in [-0.05, 0) is 49.1 Å². The fourth-order valence-corrected chi connectivity index (χ4v) is 4.49. The first kappa shape index (κ1) is 14.2. The molecule has 2 fully saturated rings. The smallest absolute Gasteiger partial charge is 0.261 e. The van der Waals surface area contributed by atoms with Crippen LogP contribution in [0.4, 0.5) is 0 Å². The Bertz CT molecular complexity index is 697. The van der Waals surface area contributed by atoms with Crippen molar-refractivity contribution < 1.29 is 4.79 Å². The molecule has 22 heavy (non-hydrogen) atoms. The summed E-state index contributed by atoms with van der Waals surface area (Å²) < 4.78 is 0. The maximum Gasteiger partial charge on any atom is 0.261 e. The zero-order valence-corrected chi connectivity index (χ0v) is 13.6. The third-order valence-corrected chi connectivity index (χ3v) is 5.96. The van der Waals surface area contributed by atoms with Crippen LogP contribution >= 0.6 is 22.9 Å². The van der Waals surface area contributed by atoms with Crippen molar-refractivity contribution in [2.24, 2.45) is 0 Å². The van der Waals surface area contributed by atoms with E-state index in [0.29, 0.717) is 12.1 Å². The van der Waals surface area contributed by atoms with Gasteiger partial charge < -0.3 is 10.6 Å². The molecule has 0 radical (unpaired) electrons. The van der Waals surface area contributed by atoms with Crippen molar-refractivity contribution in [1.82, 2.24) is 10.6 Å². The van der Waals surface area contributed by atoms with E-state index >= 15 is 0 Å². The van der Waals surface area contributed by atoms with Gasteiger partial charge in [-0.25, -0.2) is 0 Å². The summed E-state index contributed by atoms with van der Waals surface area (Å²) in [4.78, 5) is 14.3. The highest BCUT2D eigenvalue weighted by Gasteiger charge is 2.39. The average molecular weight is 333 g/mol. The number of carbonyl (C=O) groups is 1. The Hall–Kier alpha value is -1.36. The van der Waals surface area contributed by atoms with Crippen LogP contribution < -0.4 is 10.6 Å². The highest BCUT2D eigenvalue weighted by atomic mass is 35.5. The second kappa shape index (κ2) is 5.69. The number of benzene rings is 1. The molecule has 2 N–H and O–H groups in total. The van der Waals surface area contributed by atoms with Crippen molar-refractivity contribution in [1.29, 1.82) is 0 Å². The van der Waals surface area contributed by atoms with Crippen molar-refractivity contribution >= 4 is 28.8 Å². The molecular weight excluding hydrogens is 316 g/mol. The molecule has 114 valence electrons. The van der Waals surface area contributed by atoms with Crippen LogP contribution in [0.1, 0.15) is 28.9 Å². The number of hydrogen-bond acceptors (Lipinski definition) is 3. The number of nitrogens with one attached hydrogen (secondary N) is 2. The van der Waals surface area contributed by atoms with Gasteiger partial charge in [0.2, 0.25) is 0 Å². The molecular formula is C17H17ClN2OS. The number of amides is 1. The summed E-state index contributed by atoms with van der Waals surface area (Å²) in [6.45, 7) is 0. The first-order valence-electron chi connectivity index (χ1n) is 7.62. The number of fused-ring (bicyclic) bond motifs is 2. The molecule has 0 saturated carbocycles. The van der Waals surface area contributed by atoms with Crippen LogP contribution in [0, 0.1) is 0 Å². The van der Waals surface area contributed by atoms with Crippen LogP contribution in [0.15, 0.2) is 36.4 Å². The monoisotopic (exact) mass is 332 g/mol. The van der Waals surface area contributed by atoms with Crippen LogP contribution in [-0.4, -0.2) is 24.0 Å². The average Bonchev–Trinajstić information content (AvgIpc) is 3.24. The fourth-order valence-electron chi connectivity index (χ4n) is 3.45. The predicted molar refractivity (Wildman–Crippen MR) is 90.6 cm³/mol. The van der Waals surface area contributed by atoms with Crippen molar-refractivity contribution in [2.75, 3.05) is 0 Å². The van der Waals surface area contributed by atoms with Crippen molar-refractivity contribution in [3.63, 3.8) is 0 Å². The molecule has 2 aliphatic heterocycles. The van der Waals surface area contributed by atoms with E-state index in [2.05, 4.69) is 10.6 Å². The van der Waals surface area contributed by atoms with E-state index in [1.807, 2.05) is 36.4 Å². The van der Waals surface area contributed by atoms with Crippen molar-refractivity contribution in [3.05, 3.63) is 46.3 Å². The quantitative estimate of drug-likeness (QED) is 0.900. The SMILES string of the molecule is O=C(N[C@@H]1C[C@@H]2CC[C@@H]1N2)c1ccc(-c2ccc(Cl)cc2)s1. The number of hydrogen-bond donors (Lipinski definition) is 2. The maximum absolute atomic E-state index is 12.4. The number of rotatable bonds is 3. The second-order valence-electron chi connectivity index (χ2n) is 6.03. The summed E-state index contributed by atoms with van der Waals surface area (Å²) in [5.41, 5.74) is 1.09. The van der Waals surface area contributed by atoms with E-state index in [9.17, 15) is 4.79 Å². The van der Waals surface area contributed by atoms with E-state index in [4.69, 9.17) is 11.6 Å². The lowest BCUT2D eigenvalue weighted by Gasteiger charge is -2.20. The summed E-state index contributed by atoms with van der Waals surface area (Å²) in [6.07, 6.45) is 3.48. The highest BCUT2D eigenvalue weighted by molar-refractivity contribution is 7.17. The molecule has 2 aliphatic rings. The molecule has 3 nitrogen and oxygen atoms in total. The number of carbonyl (C=O) groups excluding carboxylic acids is 1. The maximum atomic E-state index is 12.4. The zero-order valence-electron chi connectivity index (χ0n) is 12.0. The fraction of sp³-hybridized carbons (Fsp3) is 0.353. The lowest BCUT2D eigenvalue weighted by atomic mass is 9.95. The van der Waals surface area contributed by atoms with E-state index in [0.717, 1.165) is 26.8 Å². The third kappa shape index (κ3) is 2.67. The molecule has 2 saturated heterocycles. The molecule has 0 aliphatic carbocycles. The van der Waals surface area contributed by atoms with E-state index in [-0.39, 0.29) is 11.9 Å². The van der Waals surface area contributed by atoms with Gasteiger partial charge in [0.1, 0.15) is 0 Å². The number of halogens is 1. The molecule has 2 bridgehead atoms. The van der Waals surface area contributed by atoms with Crippen LogP contribution in [0.3, 0.4) is 0 Å². The first-order valence-corrected chi connectivity index (χ1v) is 8.81. The summed E-state index contributed by atoms with van der Waals surface area (Å²) in [7, 11) is 0. The molecule has 0 spiro atoms. The lowest BCUT2D eigenvalue weighted by Crippen LogP contribution is -2.42. The van der Waals surface area contributed by atoms with Crippen molar-refractivity contribution in [2.45, 2.75) is 37.4 Å². The van der Waals surface area contributed by atoms with Crippen LogP contribution in [0.2, 0.25) is 5.02 Å². The Labute approximate surface area is 138 Å². The minimum Gasteiger partial charge on any atom is -0.347 e. The molecule has 2 aromatic rings. The van der Waals surface area contributed by atoms with E-state index in [1.54, 1.807) is 0 Å². The first-order chi connectivity index (χ1) is 10.7. The molecule has 4 rings (SSSR count). The Morgan fingerprint density at radius 2 is 2.00 bits per heavy atom. The van der Waals surface area contributed by atoms with Gasteiger partial charge >= 0.3 is 0 Å². The standard InChI is InChI=1S/C17H17ClN2OS/c18-11-3-1-10(2-4-11)15-7-8-16(22-15)17(21)20-14-9-12-5-6-13(14)19-12/h1-4,7-8,12-14,19H,5-6,9H2,(H,20,21)/t12-,13-,14+/m0/s1. The largest absolute Gasteiger partial charge is 0.347 e. The summed E-state index contributed by atoms with van der Waals surface area (Å²) in [6, 6.07) is 13.0. The second-order valence-corrected chi connectivity index (χ2v) is 7.55. The van der Waals surface area contributed by atoms with Gasteiger partial charge in [-0.2, -0.15) is 0 Å². The lowest BCUT2D eigenvalue weighted by molar-refractivity contribution is 0.0935. The molecule has 1 aromatic carbocycles. The Balaban J connectivity index is 1.46. The van der Waals surface area contributed by atoms with Gasteiger partial charge in [-0.1, -0.05) is 23.7 Å². The van der Waals surface area contributed by atoms with Gasteiger partial charge in [0.05, 0.1) is 4.88 Å². The summed E-state index contributed by atoms with van der Waals surface area (Å²) >= 11 is 7.44. The van der Waals surface area contributed by atoms with Crippen molar-refractivity contribution in [3.8, 4) is 10.4 Å². The van der Waals surface area contributed by atoms with Gasteiger partial charge in [0, 0.05) is 28.0 Å². The van der Waals surface area contributed by atoms with Gasteiger partial charge in [-0.3, -0.25) is 4.79 Å². The molecule has 5 heteroatoms. The summed E-state index contributed by atoms with van der Waals surface area (Å²) in [5, 5.41) is 7.46. The predicted octanol–water partition coefficient (Wildman–Crippen LogP) is 3.69. The number of thiophene rings is 1. The van der Waals surface area contributed by atoms with E-state index < -0.39 is 0 Å². The molecule has 3 atom stereocenters. The Morgan fingerprint density at radius 1 is 1.18 bits per heavy atom. The van der Waals surface area contributed by atoms with Gasteiger partial charge in [0.25, 0.3) is 5.91 Å². The molecule has 3 heterocycles. The zero-order chi connectivity index (χ0) is 15.1. The molecule has 1 amide bonds. The van der Waals surface area contributed by atoms with Gasteiger partial charge in [0.15, 0.2) is 0 Å². The normalized spacial score (nSPS) is 26.3. The van der Waals surface area contributed by atoms with Crippen LogP contribution in [-0.2, 0) is 0 Å². The minimum atomic E-state index is 0.0459. The minimum absolute atomic E-state index is 0.0459. The third-order valence-electron chi connectivity index (χ3n) is 4.58. The Morgan fingerprint density at radius 3 is 2.68 bits per heavy atom. The topological polar surface area (TPSA) is 41.1 Å². The van der Waals surface area contributed by atoms with Crippen LogP contribution in [0.25, 0.3) is 10.4 Å². The van der Waals surface area contributed by atoms with E-state index in [1.165, 1.54) is 24.2 Å². The summed E-state index contributed by atoms with van der Waals surface area (Å²) in [5.74, 6) is 0.0459. The molecule has 0 unspecified atom stereocenters. The van der Waals surface area contributed by atoms with Gasteiger partial charge in [-0.15, -0.1) is 11.3 Å². The molecule has 1 aromatic heterocycles. The highest BCUT2D eigenvalue weighted by Crippen LogP contribution is 2.31. The van der Waals surface area contributed by atoms with Crippen LogP contribution in [0.5, 0.6) is 0 Å². The Kier molecular flexibility index (Phi) is 3.68.